The van der Waals surface area contributed by atoms with Crippen LogP contribution in [0.25, 0.3) is 0 Å². The summed E-state index contributed by atoms with van der Waals surface area (Å²) in [6.45, 7) is 4.51. The molecule has 3 N–H and O–H groups in total. The van der Waals surface area contributed by atoms with Gasteiger partial charge in [0.05, 0.1) is 5.92 Å². The summed E-state index contributed by atoms with van der Waals surface area (Å²) < 4.78 is 0. The first-order chi connectivity index (χ1) is 11.6. The molecule has 0 aliphatic carbocycles. The number of anilines is 1. The molecule has 3 heterocycles. The number of carbonyl (C=O) groups excluding carboxylic acids is 1. The van der Waals surface area contributed by atoms with Gasteiger partial charge in [-0.3, -0.25) is 4.79 Å². The van der Waals surface area contributed by atoms with E-state index in [1.165, 1.54) is 4.88 Å². The van der Waals surface area contributed by atoms with Crippen molar-refractivity contribution in [3.8, 4) is 0 Å². The second-order valence-corrected chi connectivity index (χ2v) is 7.27. The van der Waals surface area contributed by atoms with Crippen LogP contribution in [-0.2, 0) is 11.3 Å². The van der Waals surface area contributed by atoms with Crippen molar-refractivity contribution in [2.75, 3.05) is 18.0 Å². The Labute approximate surface area is 146 Å². The quantitative estimate of drug-likeness (QED) is 0.845. The minimum Gasteiger partial charge on any atom is -0.369 e. The number of piperidine rings is 1. The maximum atomic E-state index is 11.5. The lowest BCUT2D eigenvalue weighted by Gasteiger charge is -2.33. The summed E-state index contributed by atoms with van der Waals surface area (Å²) in [5.41, 5.74) is 6.66. The number of thiophene rings is 1. The molecule has 1 fully saturated rings. The summed E-state index contributed by atoms with van der Waals surface area (Å²) in [4.78, 5) is 19.6. The molecule has 5 nitrogen and oxygen atoms in total. The van der Waals surface area contributed by atoms with Gasteiger partial charge in [-0.05, 0) is 37.3 Å². The van der Waals surface area contributed by atoms with Gasteiger partial charge in [0.15, 0.2) is 0 Å². The van der Waals surface area contributed by atoms with Crippen LogP contribution < -0.4 is 16.0 Å². The number of hydrogen-bond acceptors (Lipinski definition) is 5. The number of carbonyl (C=O) groups is 1. The Kier molecular flexibility index (Phi) is 5.48. The summed E-state index contributed by atoms with van der Waals surface area (Å²) >= 11 is 1.76. The van der Waals surface area contributed by atoms with Crippen molar-refractivity contribution >= 4 is 23.1 Å². The normalized spacial score (nSPS) is 19.2. The van der Waals surface area contributed by atoms with Gasteiger partial charge < -0.3 is 16.0 Å². The molecule has 0 aromatic carbocycles. The molecule has 0 radical (unpaired) electrons. The summed E-state index contributed by atoms with van der Waals surface area (Å²) in [6, 6.07) is 8.59. The molecule has 0 unspecified atom stereocenters. The fourth-order valence-electron chi connectivity index (χ4n) is 3.16. The second kappa shape index (κ2) is 7.77. The van der Waals surface area contributed by atoms with E-state index in [2.05, 4.69) is 45.7 Å². The van der Waals surface area contributed by atoms with Crippen molar-refractivity contribution in [1.29, 1.82) is 0 Å². The Morgan fingerprint density at radius 1 is 1.50 bits per heavy atom. The first-order valence-electron chi connectivity index (χ1n) is 8.40. The van der Waals surface area contributed by atoms with E-state index in [0.29, 0.717) is 12.6 Å². The van der Waals surface area contributed by atoms with Gasteiger partial charge in [0.2, 0.25) is 5.91 Å². The number of amides is 1. The van der Waals surface area contributed by atoms with Crippen molar-refractivity contribution in [2.45, 2.75) is 32.4 Å². The predicted octanol–water partition coefficient (Wildman–Crippen LogP) is 2.70. The number of pyridine rings is 1. The molecule has 1 saturated heterocycles. The zero-order valence-corrected chi connectivity index (χ0v) is 14.8. The molecule has 2 aromatic heterocycles. The Hall–Kier alpha value is -1.92. The Balaban J connectivity index is 1.69. The van der Waals surface area contributed by atoms with E-state index in [1.54, 1.807) is 11.3 Å². The molecule has 1 amide bonds. The SMILES string of the molecule is C[C@@H](NCc1cccnc1N1CCC[C@@H](C(N)=O)C1)c1cccs1. The van der Waals surface area contributed by atoms with E-state index in [1.807, 2.05) is 12.3 Å². The number of nitrogens with zero attached hydrogens (tertiary/aromatic N) is 2. The van der Waals surface area contributed by atoms with Gasteiger partial charge in [-0.2, -0.15) is 0 Å². The second-order valence-electron chi connectivity index (χ2n) is 6.29. The molecule has 3 rings (SSSR count). The minimum atomic E-state index is -0.207. The lowest BCUT2D eigenvalue weighted by atomic mass is 9.97. The summed E-state index contributed by atoms with van der Waals surface area (Å²) in [6.07, 6.45) is 3.67. The largest absolute Gasteiger partial charge is 0.369 e. The maximum Gasteiger partial charge on any atom is 0.222 e. The molecule has 6 heteroatoms. The number of aromatic nitrogens is 1. The summed E-state index contributed by atoms with van der Waals surface area (Å²) in [7, 11) is 0. The first kappa shape index (κ1) is 16.9. The molecule has 1 aliphatic heterocycles. The highest BCUT2D eigenvalue weighted by atomic mass is 32.1. The molecule has 128 valence electrons. The third-order valence-corrected chi connectivity index (χ3v) is 5.61. The van der Waals surface area contributed by atoms with Gasteiger partial charge in [-0.25, -0.2) is 4.98 Å². The van der Waals surface area contributed by atoms with E-state index in [0.717, 1.165) is 37.3 Å². The monoisotopic (exact) mass is 344 g/mol. The number of nitrogens with one attached hydrogen (secondary N) is 1. The lowest BCUT2D eigenvalue weighted by molar-refractivity contribution is -0.122. The van der Waals surface area contributed by atoms with Gasteiger partial charge in [0, 0.05) is 42.3 Å². The van der Waals surface area contributed by atoms with Crippen LogP contribution in [-0.4, -0.2) is 24.0 Å². The molecule has 0 spiro atoms. The van der Waals surface area contributed by atoms with Crippen LogP contribution in [0.1, 0.15) is 36.2 Å². The smallest absolute Gasteiger partial charge is 0.222 e. The van der Waals surface area contributed by atoms with Crippen molar-refractivity contribution in [3.63, 3.8) is 0 Å². The van der Waals surface area contributed by atoms with Gasteiger partial charge in [0.1, 0.15) is 5.82 Å². The Bertz CT molecular complexity index is 673. The van der Waals surface area contributed by atoms with Gasteiger partial charge in [-0.1, -0.05) is 12.1 Å². The van der Waals surface area contributed by atoms with E-state index < -0.39 is 0 Å². The van der Waals surface area contributed by atoms with Crippen LogP contribution in [0, 0.1) is 5.92 Å². The van der Waals surface area contributed by atoms with E-state index in [4.69, 9.17) is 5.73 Å². The molecule has 2 aromatic rings. The van der Waals surface area contributed by atoms with E-state index in [-0.39, 0.29) is 11.8 Å². The number of nitrogens with two attached hydrogens (primary N) is 1. The van der Waals surface area contributed by atoms with Crippen molar-refractivity contribution in [3.05, 3.63) is 46.3 Å². The fraction of sp³-hybridized carbons (Fsp3) is 0.444. The highest BCUT2D eigenvalue weighted by Crippen LogP contribution is 2.25. The molecule has 0 saturated carbocycles. The third kappa shape index (κ3) is 3.94. The highest BCUT2D eigenvalue weighted by Gasteiger charge is 2.26. The average molecular weight is 344 g/mol. The van der Waals surface area contributed by atoms with Crippen LogP contribution in [0.5, 0.6) is 0 Å². The van der Waals surface area contributed by atoms with E-state index in [9.17, 15) is 4.79 Å². The zero-order chi connectivity index (χ0) is 16.9. The molecule has 1 aliphatic rings. The average Bonchev–Trinajstić information content (AvgIpc) is 3.15. The summed E-state index contributed by atoms with van der Waals surface area (Å²) in [5.74, 6) is 0.683. The highest BCUT2D eigenvalue weighted by molar-refractivity contribution is 7.10. The molecule has 2 atom stereocenters. The molecule has 24 heavy (non-hydrogen) atoms. The maximum absolute atomic E-state index is 11.5. The van der Waals surface area contributed by atoms with Crippen molar-refractivity contribution in [1.82, 2.24) is 10.3 Å². The predicted molar refractivity (Wildman–Crippen MR) is 97.9 cm³/mol. The van der Waals surface area contributed by atoms with Gasteiger partial charge in [-0.15, -0.1) is 11.3 Å². The van der Waals surface area contributed by atoms with Gasteiger partial charge in [0.25, 0.3) is 0 Å². The van der Waals surface area contributed by atoms with E-state index >= 15 is 0 Å². The topological polar surface area (TPSA) is 71.2 Å². The molecule has 0 bridgehead atoms. The van der Waals surface area contributed by atoms with Crippen LogP contribution in [0.4, 0.5) is 5.82 Å². The van der Waals surface area contributed by atoms with Crippen LogP contribution in [0.15, 0.2) is 35.8 Å². The van der Waals surface area contributed by atoms with Crippen molar-refractivity contribution < 1.29 is 4.79 Å². The Morgan fingerprint density at radius 3 is 3.12 bits per heavy atom. The number of hydrogen-bond donors (Lipinski definition) is 2. The fourth-order valence-corrected chi connectivity index (χ4v) is 3.91. The number of primary amides is 1. The third-order valence-electron chi connectivity index (χ3n) is 4.56. The Morgan fingerprint density at radius 2 is 2.38 bits per heavy atom. The lowest BCUT2D eigenvalue weighted by Crippen LogP contribution is -2.42. The first-order valence-corrected chi connectivity index (χ1v) is 9.28. The van der Waals surface area contributed by atoms with Crippen LogP contribution in [0.2, 0.25) is 0 Å². The molecular formula is C18H24N4OS. The van der Waals surface area contributed by atoms with Gasteiger partial charge >= 0.3 is 0 Å². The standard InChI is InChI=1S/C18H24N4OS/c1-13(16-7-4-10-24-16)21-11-14-5-2-8-20-18(14)22-9-3-6-15(12-22)17(19)23/h2,4-5,7-8,10,13,15,21H,3,6,9,11-12H2,1H3,(H2,19,23)/t13-,15-/m1/s1. The zero-order valence-electron chi connectivity index (χ0n) is 13.9. The van der Waals surface area contributed by atoms with Crippen molar-refractivity contribution in [2.24, 2.45) is 11.7 Å². The number of rotatable bonds is 6. The molecular weight excluding hydrogens is 320 g/mol. The minimum absolute atomic E-state index is 0.0772. The van der Waals surface area contributed by atoms with Crippen LogP contribution >= 0.6 is 11.3 Å². The summed E-state index contributed by atoms with van der Waals surface area (Å²) in [5, 5.41) is 5.66. The van der Waals surface area contributed by atoms with Crippen LogP contribution in [0.3, 0.4) is 0 Å².